The van der Waals surface area contributed by atoms with Crippen molar-refractivity contribution >= 4 is 30.9 Å². The molecule has 1 heterocycles. The summed E-state index contributed by atoms with van der Waals surface area (Å²) in [6.07, 6.45) is 8.09. The first-order valence-corrected chi connectivity index (χ1v) is 17.0. The molecule has 0 N–H and O–H groups in total. The molecule has 5 heteroatoms. The Kier molecular flexibility index (Phi) is 8.90. The maximum Gasteiger partial charge on any atom is 0.313 e. The lowest BCUT2D eigenvalue weighted by Gasteiger charge is -2.44. The summed E-state index contributed by atoms with van der Waals surface area (Å²) in [4.78, 5) is 25.9. The number of carbonyl (C=O) groups excluding carboxylic acids is 2. The molecule has 1 saturated carbocycles. The van der Waals surface area contributed by atoms with Gasteiger partial charge in [-0.25, -0.2) is 0 Å². The number of rotatable bonds is 10. The second-order valence-corrected chi connectivity index (χ2v) is 18.3. The molecule has 1 atom stereocenters. The van der Waals surface area contributed by atoms with Crippen molar-refractivity contribution in [2.45, 2.75) is 103 Å². The zero-order valence-corrected chi connectivity index (χ0v) is 26.2. The Morgan fingerprint density at radius 3 is 2.13 bits per heavy atom. The average molecular weight is 546 g/mol. The maximum absolute atomic E-state index is 13.4. The van der Waals surface area contributed by atoms with Crippen molar-refractivity contribution in [3.63, 3.8) is 0 Å². The van der Waals surface area contributed by atoms with E-state index in [2.05, 4.69) is 70.2 Å². The van der Waals surface area contributed by atoms with Crippen molar-refractivity contribution in [2.75, 3.05) is 7.11 Å². The van der Waals surface area contributed by atoms with Crippen molar-refractivity contribution in [2.24, 2.45) is 5.92 Å². The number of ketones is 1. The number of hydrogen-bond donors (Lipinski definition) is 0. The molecule has 0 bridgehead atoms. The minimum atomic E-state index is -2.14. The lowest BCUT2D eigenvalue weighted by Crippen LogP contribution is -2.51. The van der Waals surface area contributed by atoms with Gasteiger partial charge in [0.05, 0.1) is 13.0 Å². The number of ether oxygens (including phenoxy) is 1. The molecular weight excluding hydrogens is 498 g/mol. The fourth-order valence-electron chi connectivity index (χ4n) is 7.97. The van der Waals surface area contributed by atoms with Crippen LogP contribution in [0.1, 0.15) is 102 Å². The third kappa shape index (κ3) is 5.27. The van der Waals surface area contributed by atoms with E-state index in [0.29, 0.717) is 22.5 Å². The minimum absolute atomic E-state index is 0.0688. The number of esters is 1. The zero-order chi connectivity index (χ0) is 28.5. The number of nitrogens with zero attached hydrogens (tertiary/aromatic N) is 1. The number of methoxy groups -OCH3 is 1. The number of hydrogen-bond acceptors (Lipinski definition) is 3. The molecule has 0 spiro atoms. The minimum Gasteiger partial charge on any atom is -0.469 e. The van der Waals surface area contributed by atoms with Crippen LogP contribution in [0, 0.1) is 5.92 Å². The highest BCUT2D eigenvalue weighted by molar-refractivity contribution is 6.82. The van der Waals surface area contributed by atoms with Crippen LogP contribution in [0.15, 0.2) is 48.7 Å². The Morgan fingerprint density at radius 1 is 0.949 bits per heavy atom. The molecule has 0 radical (unpaired) electrons. The van der Waals surface area contributed by atoms with Gasteiger partial charge in [0.15, 0.2) is 14.0 Å². The fraction of sp³-hybridized carbons (Fsp3) is 0.529. The lowest BCUT2D eigenvalue weighted by atomic mass is 9.87. The Morgan fingerprint density at radius 2 is 1.56 bits per heavy atom. The van der Waals surface area contributed by atoms with Gasteiger partial charge in [0.25, 0.3) is 0 Å². The Balaban J connectivity index is 2.04. The molecule has 4 rings (SSSR count). The molecular formula is C34H47NO3Si. The number of carbonyl (C=O) groups is 2. The molecule has 0 saturated heterocycles. The maximum atomic E-state index is 13.4. The van der Waals surface area contributed by atoms with Gasteiger partial charge in [-0.05, 0) is 58.6 Å². The summed E-state index contributed by atoms with van der Waals surface area (Å²) < 4.78 is 8.05. The van der Waals surface area contributed by atoms with E-state index in [1.165, 1.54) is 38.3 Å². The van der Waals surface area contributed by atoms with E-state index in [1.54, 1.807) is 6.92 Å². The number of benzene rings is 2. The van der Waals surface area contributed by atoms with Crippen LogP contribution in [0.2, 0.25) is 16.6 Å². The third-order valence-electron chi connectivity index (χ3n) is 9.55. The third-order valence-corrected chi connectivity index (χ3v) is 16.3. The normalized spacial score (nSPS) is 15.6. The monoisotopic (exact) mass is 545 g/mol. The summed E-state index contributed by atoms with van der Waals surface area (Å²) in [6, 6.07) is 14.5. The van der Waals surface area contributed by atoms with E-state index in [-0.39, 0.29) is 17.7 Å². The predicted molar refractivity (Wildman–Crippen MR) is 165 cm³/mol. The number of fused-ring (bicyclic) bond motifs is 1. The molecule has 1 fully saturated rings. The molecule has 1 aliphatic rings. The van der Waals surface area contributed by atoms with Crippen molar-refractivity contribution < 1.29 is 14.3 Å². The van der Waals surface area contributed by atoms with Gasteiger partial charge in [0.1, 0.15) is 0 Å². The van der Waals surface area contributed by atoms with E-state index in [9.17, 15) is 9.59 Å². The quantitative estimate of drug-likeness (QED) is 0.145. The summed E-state index contributed by atoms with van der Waals surface area (Å²) in [5.41, 5.74) is 6.54. The van der Waals surface area contributed by atoms with Gasteiger partial charge in [-0.1, -0.05) is 104 Å². The molecule has 2 aromatic carbocycles. The van der Waals surface area contributed by atoms with Crippen LogP contribution in [-0.4, -0.2) is 31.3 Å². The summed E-state index contributed by atoms with van der Waals surface area (Å²) in [5, 5.41) is 1.14. The first-order chi connectivity index (χ1) is 18.5. The summed E-state index contributed by atoms with van der Waals surface area (Å²) in [5.74, 6) is 0.240. The molecule has 1 aliphatic carbocycles. The molecule has 210 valence electrons. The van der Waals surface area contributed by atoms with Gasteiger partial charge in [0.2, 0.25) is 0 Å². The second kappa shape index (κ2) is 11.8. The summed E-state index contributed by atoms with van der Waals surface area (Å²) >= 11 is 0. The fourth-order valence-corrected chi connectivity index (χ4v) is 14.6. The van der Waals surface area contributed by atoms with Crippen LogP contribution < -0.4 is 0 Å². The number of Topliss-reactive ketones (excluding diaryl/α,β-unsaturated/α-hetero) is 1. The van der Waals surface area contributed by atoms with Gasteiger partial charge in [0, 0.05) is 22.7 Å². The van der Waals surface area contributed by atoms with E-state index in [1.807, 2.05) is 24.3 Å². The highest BCUT2D eigenvalue weighted by atomic mass is 28.3. The standard InChI is InChI=1S/C34H47NO3Si/c1-22(2)39(23(3)4,24(5)6)35-21-32(31(34(37)38-8)19-26-13-9-10-14-26)30-18-17-27(20-33(30)35)29-16-12-11-15-28(29)25(7)36/h11-12,15-18,20-24,26,31H,9-10,13-14,19H2,1-8H3. The zero-order valence-electron chi connectivity index (χ0n) is 25.2. The van der Waals surface area contributed by atoms with Crippen LogP contribution in [0.4, 0.5) is 0 Å². The number of aromatic nitrogens is 1. The van der Waals surface area contributed by atoms with E-state index in [0.717, 1.165) is 34.1 Å². The van der Waals surface area contributed by atoms with Crippen LogP contribution in [-0.2, 0) is 9.53 Å². The Hall–Kier alpha value is -2.66. The molecule has 1 aromatic heterocycles. The van der Waals surface area contributed by atoms with Crippen LogP contribution in [0.25, 0.3) is 22.0 Å². The molecule has 4 nitrogen and oxygen atoms in total. The van der Waals surface area contributed by atoms with E-state index >= 15 is 0 Å². The van der Waals surface area contributed by atoms with Gasteiger partial charge < -0.3 is 8.97 Å². The highest BCUT2D eigenvalue weighted by Gasteiger charge is 2.46. The lowest BCUT2D eigenvalue weighted by molar-refractivity contribution is -0.142. The van der Waals surface area contributed by atoms with E-state index in [4.69, 9.17) is 4.74 Å². The predicted octanol–water partition coefficient (Wildman–Crippen LogP) is 9.37. The van der Waals surface area contributed by atoms with Crippen molar-refractivity contribution in [3.05, 3.63) is 59.8 Å². The highest BCUT2D eigenvalue weighted by Crippen LogP contribution is 2.47. The first-order valence-electron chi connectivity index (χ1n) is 14.9. The van der Waals surface area contributed by atoms with Gasteiger partial charge in [-0.3, -0.25) is 9.59 Å². The van der Waals surface area contributed by atoms with Gasteiger partial charge in [-0.2, -0.15) is 0 Å². The van der Waals surface area contributed by atoms with Gasteiger partial charge >= 0.3 is 5.97 Å². The van der Waals surface area contributed by atoms with Crippen molar-refractivity contribution in [1.29, 1.82) is 0 Å². The second-order valence-electron chi connectivity index (χ2n) is 12.6. The average Bonchev–Trinajstić information content (AvgIpc) is 3.54. The molecule has 0 aliphatic heterocycles. The van der Waals surface area contributed by atoms with E-state index < -0.39 is 8.24 Å². The molecule has 1 unspecified atom stereocenters. The Bertz CT molecular complexity index is 1310. The first kappa shape index (κ1) is 29.3. The Labute approximate surface area is 236 Å². The molecule has 0 amide bonds. The largest absolute Gasteiger partial charge is 0.469 e. The molecule has 39 heavy (non-hydrogen) atoms. The molecule has 3 aromatic rings. The van der Waals surface area contributed by atoms with Gasteiger partial charge in [-0.15, -0.1) is 0 Å². The summed E-state index contributed by atoms with van der Waals surface area (Å²) in [6.45, 7) is 15.9. The topological polar surface area (TPSA) is 48.3 Å². The van der Waals surface area contributed by atoms with Crippen molar-refractivity contribution in [3.8, 4) is 11.1 Å². The van der Waals surface area contributed by atoms with Crippen LogP contribution in [0.5, 0.6) is 0 Å². The van der Waals surface area contributed by atoms with Crippen LogP contribution >= 0.6 is 0 Å². The SMILES string of the molecule is COC(=O)C(CC1CCCC1)c1cn([Si](C(C)C)(C(C)C)C(C)C)c2cc(-c3ccccc3C(C)=O)ccc12. The van der Waals surface area contributed by atoms with Crippen LogP contribution in [0.3, 0.4) is 0 Å². The van der Waals surface area contributed by atoms with Crippen molar-refractivity contribution in [1.82, 2.24) is 4.23 Å². The summed E-state index contributed by atoms with van der Waals surface area (Å²) in [7, 11) is -0.621. The smallest absolute Gasteiger partial charge is 0.313 e.